The van der Waals surface area contributed by atoms with Crippen LogP contribution in [0.1, 0.15) is 30.4 Å². The smallest absolute Gasteiger partial charge is 0.345 e. The van der Waals surface area contributed by atoms with E-state index in [4.69, 9.17) is 5.11 Å². The number of thiophene rings is 1. The number of amides is 2. The van der Waals surface area contributed by atoms with Crippen LogP contribution < -0.4 is 10.6 Å². The summed E-state index contributed by atoms with van der Waals surface area (Å²) >= 11 is 1.18. The summed E-state index contributed by atoms with van der Waals surface area (Å²) in [5.41, 5.74) is 0.00516. The fraction of sp³-hybridized carbons (Fsp3) is 0.312. The van der Waals surface area contributed by atoms with Crippen molar-refractivity contribution in [1.82, 2.24) is 5.32 Å². The molecule has 1 heterocycles. The van der Waals surface area contributed by atoms with Crippen LogP contribution in [0.3, 0.4) is 0 Å². The molecule has 0 unspecified atom stereocenters. The number of carbonyl (C=O) groups excluding carboxylic acids is 2. The van der Waals surface area contributed by atoms with E-state index in [1.54, 1.807) is 45.0 Å². The van der Waals surface area contributed by atoms with Gasteiger partial charge in [-0.05, 0) is 29.7 Å². The van der Waals surface area contributed by atoms with E-state index in [0.29, 0.717) is 5.69 Å². The van der Waals surface area contributed by atoms with Gasteiger partial charge in [-0.3, -0.25) is 9.59 Å². The van der Waals surface area contributed by atoms with Crippen molar-refractivity contribution in [2.45, 2.75) is 20.8 Å². The summed E-state index contributed by atoms with van der Waals surface area (Å²) in [5, 5.41) is 15.0. The number of benzene rings is 1. The maximum Gasteiger partial charge on any atom is 0.345 e. The Balaban J connectivity index is 2.02. The second-order valence-electron chi connectivity index (χ2n) is 6.15. The van der Waals surface area contributed by atoms with Crippen molar-refractivity contribution in [2.24, 2.45) is 5.41 Å². The van der Waals surface area contributed by atoms with E-state index in [-0.39, 0.29) is 23.2 Å². The Bertz CT molecular complexity index is 774. The third-order valence-corrected chi connectivity index (χ3v) is 4.21. The van der Waals surface area contributed by atoms with E-state index in [1.807, 2.05) is 0 Å². The second-order valence-corrected chi connectivity index (χ2v) is 7.23. The lowest BCUT2D eigenvalue weighted by Gasteiger charge is -2.17. The first-order valence-electron chi connectivity index (χ1n) is 7.02. The van der Waals surface area contributed by atoms with E-state index in [0.717, 1.165) is 10.1 Å². The minimum absolute atomic E-state index is 0.113. The summed E-state index contributed by atoms with van der Waals surface area (Å²) in [5.74, 6) is -1.51. The fourth-order valence-corrected chi connectivity index (χ4v) is 2.74. The van der Waals surface area contributed by atoms with Gasteiger partial charge in [0.2, 0.25) is 11.8 Å². The summed E-state index contributed by atoms with van der Waals surface area (Å²) < 4.78 is 0.835. The van der Waals surface area contributed by atoms with Crippen molar-refractivity contribution in [3.05, 3.63) is 29.1 Å². The average molecular weight is 334 g/mol. The number of aromatic carboxylic acids is 1. The number of hydrogen-bond acceptors (Lipinski definition) is 4. The van der Waals surface area contributed by atoms with Gasteiger partial charge < -0.3 is 15.7 Å². The van der Waals surface area contributed by atoms with Gasteiger partial charge in [0.25, 0.3) is 0 Å². The molecule has 1 aromatic heterocycles. The molecule has 2 amide bonds. The van der Waals surface area contributed by atoms with Gasteiger partial charge in [0.15, 0.2) is 0 Å². The zero-order valence-corrected chi connectivity index (χ0v) is 13.9. The number of carboxylic acids is 1. The van der Waals surface area contributed by atoms with Gasteiger partial charge in [0, 0.05) is 15.8 Å². The highest BCUT2D eigenvalue weighted by molar-refractivity contribution is 7.20. The predicted octanol–water partition coefficient (Wildman–Crippen LogP) is 2.70. The number of carboxylic acid groups (broad SMARTS) is 1. The minimum atomic E-state index is -0.971. The van der Waals surface area contributed by atoms with Gasteiger partial charge >= 0.3 is 5.97 Å². The van der Waals surface area contributed by atoms with Crippen LogP contribution in [0, 0.1) is 5.41 Å². The van der Waals surface area contributed by atoms with Crippen molar-refractivity contribution >= 4 is 44.9 Å². The number of rotatable bonds is 4. The topological polar surface area (TPSA) is 95.5 Å². The predicted molar refractivity (Wildman–Crippen MR) is 89.9 cm³/mol. The maximum absolute atomic E-state index is 11.9. The molecule has 122 valence electrons. The monoisotopic (exact) mass is 334 g/mol. The lowest BCUT2D eigenvalue weighted by atomic mass is 9.96. The van der Waals surface area contributed by atoms with Crippen molar-refractivity contribution in [3.8, 4) is 0 Å². The Morgan fingerprint density at radius 2 is 1.87 bits per heavy atom. The molecule has 0 spiro atoms. The molecule has 0 saturated carbocycles. The highest BCUT2D eigenvalue weighted by atomic mass is 32.1. The lowest BCUT2D eigenvalue weighted by molar-refractivity contribution is -0.130. The van der Waals surface area contributed by atoms with E-state index < -0.39 is 11.4 Å². The van der Waals surface area contributed by atoms with Crippen LogP contribution >= 0.6 is 11.3 Å². The fourth-order valence-electron chi connectivity index (χ4n) is 1.86. The molecule has 0 bridgehead atoms. The van der Waals surface area contributed by atoms with Crippen LogP contribution in [-0.2, 0) is 9.59 Å². The Morgan fingerprint density at radius 1 is 1.17 bits per heavy atom. The third kappa shape index (κ3) is 4.29. The lowest BCUT2D eigenvalue weighted by Crippen LogP contribution is -2.39. The molecule has 7 heteroatoms. The molecule has 23 heavy (non-hydrogen) atoms. The van der Waals surface area contributed by atoms with Crippen LogP contribution in [0.25, 0.3) is 10.1 Å². The molecule has 2 aromatic rings. The van der Waals surface area contributed by atoms with Crippen LogP contribution in [0.4, 0.5) is 5.69 Å². The zero-order valence-electron chi connectivity index (χ0n) is 13.1. The average Bonchev–Trinajstić information content (AvgIpc) is 2.87. The van der Waals surface area contributed by atoms with Crippen LogP contribution in [0.5, 0.6) is 0 Å². The molecule has 0 saturated heterocycles. The molecule has 1 aromatic carbocycles. The molecule has 0 atom stereocenters. The summed E-state index contributed by atoms with van der Waals surface area (Å²) in [6.45, 7) is 5.19. The third-order valence-electron chi connectivity index (χ3n) is 3.10. The van der Waals surface area contributed by atoms with E-state index in [9.17, 15) is 14.4 Å². The molecular weight excluding hydrogens is 316 g/mol. The van der Waals surface area contributed by atoms with Gasteiger partial charge in [-0.2, -0.15) is 0 Å². The summed E-state index contributed by atoms with van der Waals surface area (Å²) in [4.78, 5) is 34.8. The normalized spacial score (nSPS) is 11.3. The van der Waals surface area contributed by atoms with Gasteiger partial charge in [-0.1, -0.05) is 20.8 Å². The highest BCUT2D eigenvalue weighted by Gasteiger charge is 2.21. The summed E-state index contributed by atoms with van der Waals surface area (Å²) in [6, 6.07) is 6.74. The quantitative estimate of drug-likeness (QED) is 0.801. The van der Waals surface area contributed by atoms with Crippen LogP contribution in [0.15, 0.2) is 24.3 Å². The van der Waals surface area contributed by atoms with Gasteiger partial charge in [0.1, 0.15) is 4.88 Å². The molecule has 0 aliphatic heterocycles. The minimum Gasteiger partial charge on any atom is -0.477 e. The molecule has 0 radical (unpaired) electrons. The first-order valence-corrected chi connectivity index (χ1v) is 7.83. The SMILES string of the molecule is CC(C)(C)C(=O)NCC(=O)Nc1ccc2sc(C(=O)O)cc2c1. The Hall–Kier alpha value is -2.41. The first kappa shape index (κ1) is 17.0. The molecule has 0 aliphatic rings. The van der Waals surface area contributed by atoms with Gasteiger partial charge in [-0.15, -0.1) is 11.3 Å². The van der Waals surface area contributed by atoms with Crippen molar-refractivity contribution < 1.29 is 19.5 Å². The number of anilines is 1. The van der Waals surface area contributed by atoms with Crippen molar-refractivity contribution in [1.29, 1.82) is 0 Å². The largest absolute Gasteiger partial charge is 0.477 e. The number of fused-ring (bicyclic) bond motifs is 1. The zero-order chi connectivity index (χ0) is 17.2. The maximum atomic E-state index is 11.9. The van der Waals surface area contributed by atoms with Crippen molar-refractivity contribution in [3.63, 3.8) is 0 Å². The second kappa shape index (κ2) is 6.37. The molecule has 3 N–H and O–H groups in total. The molecule has 0 aliphatic carbocycles. The molecule has 2 rings (SSSR count). The highest BCUT2D eigenvalue weighted by Crippen LogP contribution is 2.28. The first-order chi connectivity index (χ1) is 10.7. The summed E-state index contributed by atoms with van der Waals surface area (Å²) in [6.07, 6.45) is 0. The van der Waals surface area contributed by atoms with Gasteiger partial charge in [0.05, 0.1) is 6.54 Å². The Morgan fingerprint density at radius 3 is 2.48 bits per heavy atom. The standard InChI is InChI=1S/C16H18N2O4S/c1-16(2,3)15(22)17-8-13(19)18-10-4-5-11-9(6-10)7-12(23-11)14(20)21/h4-7H,8H2,1-3H3,(H,17,22)(H,18,19)(H,20,21). The number of hydrogen-bond donors (Lipinski definition) is 3. The van der Waals surface area contributed by atoms with E-state index in [1.165, 1.54) is 11.3 Å². The molecule has 0 fully saturated rings. The Kier molecular flexibility index (Phi) is 4.70. The van der Waals surface area contributed by atoms with Crippen LogP contribution in [0.2, 0.25) is 0 Å². The molecular formula is C16H18N2O4S. The number of carbonyl (C=O) groups is 3. The van der Waals surface area contributed by atoms with Crippen LogP contribution in [-0.4, -0.2) is 29.4 Å². The van der Waals surface area contributed by atoms with Crippen molar-refractivity contribution in [2.75, 3.05) is 11.9 Å². The molecule has 6 nitrogen and oxygen atoms in total. The van der Waals surface area contributed by atoms with Gasteiger partial charge in [-0.25, -0.2) is 4.79 Å². The Labute approximate surface area is 137 Å². The summed E-state index contributed by atoms with van der Waals surface area (Å²) in [7, 11) is 0. The number of nitrogens with one attached hydrogen (secondary N) is 2. The van der Waals surface area contributed by atoms with E-state index in [2.05, 4.69) is 10.6 Å². The van der Waals surface area contributed by atoms with E-state index >= 15 is 0 Å².